The Labute approximate surface area is 118 Å². The highest BCUT2D eigenvalue weighted by molar-refractivity contribution is 5.58. The summed E-state index contributed by atoms with van der Waals surface area (Å²) in [5, 5.41) is 6.31. The van der Waals surface area contributed by atoms with Gasteiger partial charge in [-0.05, 0) is 25.0 Å². The van der Waals surface area contributed by atoms with Crippen molar-refractivity contribution in [2.75, 3.05) is 24.3 Å². The molecule has 0 saturated carbocycles. The summed E-state index contributed by atoms with van der Waals surface area (Å²) in [6, 6.07) is 8.24. The number of anilines is 3. The van der Waals surface area contributed by atoms with Crippen molar-refractivity contribution in [1.29, 1.82) is 0 Å². The summed E-state index contributed by atoms with van der Waals surface area (Å²) in [4.78, 5) is 12.7. The molecule has 1 heterocycles. The third-order valence-electron chi connectivity index (χ3n) is 2.72. The second-order valence-electron chi connectivity index (χ2n) is 4.34. The van der Waals surface area contributed by atoms with E-state index in [2.05, 4.69) is 32.5 Å². The predicted molar refractivity (Wildman–Crippen MR) is 79.6 cm³/mol. The van der Waals surface area contributed by atoms with E-state index in [0.29, 0.717) is 11.9 Å². The van der Waals surface area contributed by atoms with Crippen LogP contribution in [-0.2, 0) is 0 Å². The molecule has 6 nitrogen and oxygen atoms in total. The molecule has 0 saturated heterocycles. The van der Waals surface area contributed by atoms with Gasteiger partial charge in [-0.1, -0.05) is 25.1 Å². The number of ether oxygens (including phenoxy) is 1. The van der Waals surface area contributed by atoms with E-state index in [-0.39, 0.29) is 6.01 Å². The van der Waals surface area contributed by atoms with Gasteiger partial charge in [0, 0.05) is 12.2 Å². The van der Waals surface area contributed by atoms with Gasteiger partial charge in [0.2, 0.25) is 11.9 Å². The summed E-state index contributed by atoms with van der Waals surface area (Å²) in [6.45, 7) is 4.91. The molecule has 0 spiro atoms. The normalized spacial score (nSPS) is 10.2. The van der Waals surface area contributed by atoms with Crippen molar-refractivity contribution in [3.63, 3.8) is 0 Å². The third kappa shape index (κ3) is 3.57. The summed E-state index contributed by atoms with van der Waals surface area (Å²) in [5.41, 5.74) is 2.08. The van der Waals surface area contributed by atoms with Gasteiger partial charge in [-0.3, -0.25) is 0 Å². The SMILES string of the molecule is CCCNc1nc(Nc2ccccc2C)nc(OC)n1. The molecule has 2 N–H and O–H groups in total. The Bertz CT molecular complexity index is 573. The molecule has 0 amide bonds. The predicted octanol–water partition coefficient (Wildman–Crippen LogP) is 2.75. The van der Waals surface area contributed by atoms with E-state index in [1.165, 1.54) is 7.11 Å². The summed E-state index contributed by atoms with van der Waals surface area (Å²) < 4.78 is 5.10. The van der Waals surface area contributed by atoms with Gasteiger partial charge in [-0.15, -0.1) is 0 Å². The highest BCUT2D eigenvalue weighted by atomic mass is 16.5. The van der Waals surface area contributed by atoms with Gasteiger partial charge in [0.15, 0.2) is 0 Å². The van der Waals surface area contributed by atoms with Crippen LogP contribution in [0.3, 0.4) is 0 Å². The van der Waals surface area contributed by atoms with Gasteiger partial charge in [0.05, 0.1) is 7.11 Å². The van der Waals surface area contributed by atoms with Crippen molar-refractivity contribution >= 4 is 17.6 Å². The average molecular weight is 273 g/mol. The molecule has 0 aliphatic carbocycles. The Morgan fingerprint density at radius 3 is 2.55 bits per heavy atom. The van der Waals surface area contributed by atoms with Crippen LogP contribution in [0.15, 0.2) is 24.3 Å². The van der Waals surface area contributed by atoms with Gasteiger partial charge in [-0.25, -0.2) is 0 Å². The Morgan fingerprint density at radius 2 is 1.85 bits per heavy atom. The molecule has 0 unspecified atom stereocenters. The van der Waals surface area contributed by atoms with Crippen LogP contribution in [0.2, 0.25) is 0 Å². The lowest BCUT2D eigenvalue weighted by Gasteiger charge is -2.10. The Morgan fingerprint density at radius 1 is 1.10 bits per heavy atom. The molecule has 1 aromatic heterocycles. The van der Waals surface area contributed by atoms with E-state index in [4.69, 9.17) is 4.74 Å². The molecule has 20 heavy (non-hydrogen) atoms. The number of nitrogens with zero attached hydrogens (tertiary/aromatic N) is 3. The van der Waals surface area contributed by atoms with Gasteiger partial charge >= 0.3 is 6.01 Å². The first-order valence-electron chi connectivity index (χ1n) is 6.59. The molecule has 0 radical (unpaired) electrons. The largest absolute Gasteiger partial charge is 0.467 e. The number of aryl methyl sites for hydroxylation is 1. The maximum atomic E-state index is 5.10. The molecule has 0 aliphatic heterocycles. The van der Waals surface area contributed by atoms with Crippen molar-refractivity contribution in [2.45, 2.75) is 20.3 Å². The smallest absolute Gasteiger partial charge is 0.322 e. The van der Waals surface area contributed by atoms with E-state index in [1.54, 1.807) is 0 Å². The number of nitrogens with one attached hydrogen (secondary N) is 2. The van der Waals surface area contributed by atoms with Crippen molar-refractivity contribution < 1.29 is 4.74 Å². The number of hydrogen-bond acceptors (Lipinski definition) is 6. The van der Waals surface area contributed by atoms with Crippen molar-refractivity contribution in [3.05, 3.63) is 29.8 Å². The first-order chi connectivity index (χ1) is 9.72. The maximum absolute atomic E-state index is 5.10. The van der Waals surface area contributed by atoms with Crippen LogP contribution in [0.25, 0.3) is 0 Å². The fraction of sp³-hybridized carbons (Fsp3) is 0.357. The zero-order valence-electron chi connectivity index (χ0n) is 12.0. The summed E-state index contributed by atoms with van der Waals surface area (Å²) in [6.07, 6.45) is 0.995. The highest BCUT2D eigenvalue weighted by Gasteiger charge is 2.07. The Kier molecular flexibility index (Phi) is 4.70. The zero-order chi connectivity index (χ0) is 14.4. The van der Waals surface area contributed by atoms with Crippen molar-refractivity contribution in [3.8, 4) is 6.01 Å². The third-order valence-corrected chi connectivity index (χ3v) is 2.72. The monoisotopic (exact) mass is 273 g/mol. The number of hydrogen-bond donors (Lipinski definition) is 2. The van der Waals surface area contributed by atoms with Crippen LogP contribution in [0, 0.1) is 6.92 Å². The molecule has 2 aromatic rings. The number of aromatic nitrogens is 3. The van der Waals surface area contributed by atoms with Crippen LogP contribution >= 0.6 is 0 Å². The highest BCUT2D eigenvalue weighted by Crippen LogP contribution is 2.19. The van der Waals surface area contributed by atoms with Crippen LogP contribution < -0.4 is 15.4 Å². The van der Waals surface area contributed by atoms with Crippen LogP contribution in [0.4, 0.5) is 17.6 Å². The standard InChI is InChI=1S/C14H19N5O/c1-4-9-15-12-17-13(19-14(18-12)20-3)16-11-8-6-5-7-10(11)2/h5-8H,4,9H2,1-3H3,(H2,15,16,17,18,19). The lowest BCUT2D eigenvalue weighted by Crippen LogP contribution is -2.09. The number of methoxy groups -OCH3 is 1. The quantitative estimate of drug-likeness (QED) is 0.843. The fourth-order valence-corrected chi connectivity index (χ4v) is 1.65. The van der Waals surface area contributed by atoms with E-state index in [1.807, 2.05) is 31.2 Å². The van der Waals surface area contributed by atoms with Gasteiger partial charge in [-0.2, -0.15) is 15.0 Å². The summed E-state index contributed by atoms with van der Waals surface area (Å²) in [5.74, 6) is 0.972. The first kappa shape index (κ1) is 14.0. The van der Waals surface area contributed by atoms with Crippen molar-refractivity contribution in [1.82, 2.24) is 15.0 Å². The Balaban J connectivity index is 2.24. The van der Waals surface area contributed by atoms with Gasteiger partial charge in [0.1, 0.15) is 0 Å². The number of para-hydroxylation sites is 1. The van der Waals surface area contributed by atoms with E-state index in [0.717, 1.165) is 24.2 Å². The van der Waals surface area contributed by atoms with Crippen LogP contribution in [0.1, 0.15) is 18.9 Å². The van der Waals surface area contributed by atoms with Crippen molar-refractivity contribution in [2.24, 2.45) is 0 Å². The van der Waals surface area contributed by atoms with Crippen LogP contribution in [-0.4, -0.2) is 28.6 Å². The van der Waals surface area contributed by atoms with E-state index in [9.17, 15) is 0 Å². The minimum atomic E-state index is 0.287. The molecule has 106 valence electrons. The molecule has 0 bridgehead atoms. The maximum Gasteiger partial charge on any atom is 0.322 e. The minimum Gasteiger partial charge on any atom is -0.467 e. The Hall–Kier alpha value is -2.37. The molecule has 2 rings (SSSR count). The van der Waals surface area contributed by atoms with Gasteiger partial charge in [0.25, 0.3) is 0 Å². The molecule has 6 heteroatoms. The molecule has 0 aliphatic rings. The fourth-order valence-electron chi connectivity index (χ4n) is 1.65. The van der Waals surface area contributed by atoms with E-state index >= 15 is 0 Å². The topological polar surface area (TPSA) is 72.0 Å². The average Bonchev–Trinajstić information content (AvgIpc) is 2.47. The zero-order valence-corrected chi connectivity index (χ0v) is 12.0. The summed E-state index contributed by atoms with van der Waals surface area (Å²) >= 11 is 0. The lowest BCUT2D eigenvalue weighted by atomic mass is 10.2. The molecule has 1 aromatic carbocycles. The van der Waals surface area contributed by atoms with Gasteiger partial charge < -0.3 is 15.4 Å². The number of rotatable bonds is 6. The molecular formula is C14H19N5O. The summed E-state index contributed by atoms with van der Waals surface area (Å²) in [7, 11) is 1.54. The first-order valence-corrected chi connectivity index (χ1v) is 6.59. The molecular weight excluding hydrogens is 254 g/mol. The lowest BCUT2D eigenvalue weighted by molar-refractivity contribution is 0.379. The second-order valence-corrected chi connectivity index (χ2v) is 4.34. The molecule has 0 fully saturated rings. The molecule has 0 atom stereocenters. The minimum absolute atomic E-state index is 0.287. The number of benzene rings is 1. The van der Waals surface area contributed by atoms with E-state index < -0.39 is 0 Å². The second kappa shape index (κ2) is 6.70. The van der Waals surface area contributed by atoms with Crippen LogP contribution in [0.5, 0.6) is 6.01 Å².